The van der Waals surface area contributed by atoms with E-state index in [2.05, 4.69) is 10.4 Å². The minimum absolute atomic E-state index is 0. The Kier molecular flexibility index (Phi) is 7.47. The molecule has 0 bridgehead atoms. The SMILES string of the molecule is CC(NC(=O)c1cc(-c2c(Cl)cnn2C)c(Cl)s1)[C@H](N)c1cccc(F)c1.Cl. The van der Waals surface area contributed by atoms with Crippen molar-refractivity contribution in [2.24, 2.45) is 12.8 Å². The van der Waals surface area contributed by atoms with Gasteiger partial charge in [0.25, 0.3) is 5.91 Å². The third kappa shape index (κ3) is 4.67. The van der Waals surface area contributed by atoms with Crippen LogP contribution in [0, 0.1) is 5.82 Å². The van der Waals surface area contributed by atoms with Crippen molar-refractivity contribution in [3.8, 4) is 11.3 Å². The van der Waals surface area contributed by atoms with Crippen molar-refractivity contribution in [2.45, 2.75) is 19.0 Å². The molecule has 1 unspecified atom stereocenters. The van der Waals surface area contributed by atoms with Gasteiger partial charge in [0, 0.05) is 24.7 Å². The third-order valence-electron chi connectivity index (χ3n) is 4.19. The van der Waals surface area contributed by atoms with E-state index in [4.69, 9.17) is 28.9 Å². The number of rotatable bonds is 5. The van der Waals surface area contributed by atoms with Crippen molar-refractivity contribution in [3.05, 3.63) is 62.1 Å². The van der Waals surface area contributed by atoms with Gasteiger partial charge >= 0.3 is 0 Å². The second-order valence-electron chi connectivity index (χ2n) is 6.11. The highest BCUT2D eigenvalue weighted by Gasteiger charge is 2.22. The van der Waals surface area contributed by atoms with Crippen LogP contribution in [0.15, 0.2) is 36.5 Å². The largest absolute Gasteiger partial charge is 0.347 e. The van der Waals surface area contributed by atoms with Crippen LogP contribution in [-0.4, -0.2) is 21.7 Å². The molecule has 0 aliphatic rings. The number of aromatic nitrogens is 2. The number of nitrogens with one attached hydrogen (secondary N) is 1. The molecule has 0 saturated carbocycles. The third-order valence-corrected chi connectivity index (χ3v) is 5.82. The Morgan fingerprint density at radius 2 is 2.07 bits per heavy atom. The summed E-state index contributed by atoms with van der Waals surface area (Å²) in [6.45, 7) is 1.77. The predicted molar refractivity (Wildman–Crippen MR) is 114 cm³/mol. The first-order valence-electron chi connectivity index (χ1n) is 8.07. The van der Waals surface area contributed by atoms with E-state index in [-0.39, 0.29) is 24.1 Å². The van der Waals surface area contributed by atoms with Crippen LogP contribution >= 0.6 is 46.9 Å². The molecule has 0 radical (unpaired) electrons. The minimum Gasteiger partial charge on any atom is -0.347 e. The van der Waals surface area contributed by atoms with Crippen molar-refractivity contribution in [1.82, 2.24) is 15.1 Å². The van der Waals surface area contributed by atoms with Crippen LogP contribution in [-0.2, 0) is 7.05 Å². The number of hydrogen-bond donors (Lipinski definition) is 2. The zero-order chi connectivity index (χ0) is 19.7. The summed E-state index contributed by atoms with van der Waals surface area (Å²) in [5, 5.41) is 7.37. The normalized spacial score (nSPS) is 12.9. The molecule has 3 N–H and O–H groups in total. The molecule has 0 fully saturated rings. The van der Waals surface area contributed by atoms with Gasteiger partial charge in [0.2, 0.25) is 0 Å². The van der Waals surface area contributed by atoms with E-state index in [0.717, 1.165) is 11.3 Å². The number of benzene rings is 1. The van der Waals surface area contributed by atoms with Crippen LogP contribution in [0.2, 0.25) is 9.36 Å². The molecule has 2 atom stereocenters. The van der Waals surface area contributed by atoms with E-state index in [1.54, 1.807) is 36.9 Å². The molecule has 5 nitrogen and oxygen atoms in total. The zero-order valence-electron chi connectivity index (χ0n) is 14.9. The van der Waals surface area contributed by atoms with Gasteiger partial charge in [-0.1, -0.05) is 35.3 Å². The Morgan fingerprint density at radius 1 is 1.36 bits per heavy atom. The highest BCUT2D eigenvalue weighted by atomic mass is 35.5. The number of carbonyl (C=O) groups excluding carboxylic acids is 1. The lowest BCUT2D eigenvalue weighted by molar-refractivity contribution is 0.0939. The predicted octanol–water partition coefficient (Wildman–Crippen LogP) is 4.83. The Labute approximate surface area is 182 Å². The van der Waals surface area contributed by atoms with Crippen molar-refractivity contribution in [3.63, 3.8) is 0 Å². The summed E-state index contributed by atoms with van der Waals surface area (Å²) in [4.78, 5) is 13.0. The van der Waals surface area contributed by atoms with E-state index < -0.39 is 12.1 Å². The van der Waals surface area contributed by atoms with Gasteiger partial charge in [-0.3, -0.25) is 9.48 Å². The van der Waals surface area contributed by atoms with E-state index in [9.17, 15) is 9.18 Å². The standard InChI is InChI=1S/C18H17Cl2FN4OS.ClH/c1-9(15(22)10-4-3-5-11(21)6-10)24-18(26)14-7-12(17(20)27-14)16-13(19)8-23-25(16)2;/h3-9,15H,22H2,1-2H3,(H,24,26);1H/t9?,15-;/m0./s1. The second-order valence-corrected chi connectivity index (χ2v) is 8.17. The smallest absolute Gasteiger partial charge is 0.261 e. The number of nitrogens with zero attached hydrogens (tertiary/aromatic N) is 2. The molecule has 2 heterocycles. The number of aryl methyl sites for hydroxylation is 1. The summed E-state index contributed by atoms with van der Waals surface area (Å²) in [6.07, 6.45) is 1.52. The number of nitrogens with two attached hydrogens (primary N) is 1. The molecule has 0 aliphatic carbocycles. The number of carbonyl (C=O) groups is 1. The number of halogens is 4. The van der Waals surface area contributed by atoms with Gasteiger partial charge in [-0.05, 0) is 30.7 Å². The Bertz CT molecular complexity index is 972. The zero-order valence-corrected chi connectivity index (χ0v) is 18.1. The number of amides is 1. The summed E-state index contributed by atoms with van der Waals surface area (Å²) in [7, 11) is 1.75. The highest BCUT2D eigenvalue weighted by molar-refractivity contribution is 7.18. The molecule has 3 aromatic rings. The van der Waals surface area contributed by atoms with Gasteiger partial charge in [-0.25, -0.2) is 4.39 Å². The summed E-state index contributed by atoms with van der Waals surface area (Å²) in [5.74, 6) is -0.685. The Morgan fingerprint density at radius 3 is 2.68 bits per heavy atom. The van der Waals surface area contributed by atoms with E-state index in [1.807, 2.05) is 0 Å². The molecule has 0 spiro atoms. The van der Waals surface area contributed by atoms with Gasteiger partial charge in [0.15, 0.2) is 0 Å². The molecule has 1 aromatic carbocycles. The van der Waals surface area contributed by atoms with Gasteiger partial charge in [-0.15, -0.1) is 23.7 Å². The fourth-order valence-electron chi connectivity index (χ4n) is 2.73. The topological polar surface area (TPSA) is 72.9 Å². The van der Waals surface area contributed by atoms with Gasteiger partial charge < -0.3 is 11.1 Å². The second kappa shape index (κ2) is 9.24. The van der Waals surface area contributed by atoms with Crippen LogP contribution in [0.4, 0.5) is 4.39 Å². The molecule has 2 aromatic heterocycles. The van der Waals surface area contributed by atoms with Crippen LogP contribution < -0.4 is 11.1 Å². The van der Waals surface area contributed by atoms with Crippen LogP contribution in [0.5, 0.6) is 0 Å². The maximum atomic E-state index is 13.4. The molecule has 1 amide bonds. The minimum atomic E-state index is -0.550. The molecular weight excluding hydrogens is 446 g/mol. The monoisotopic (exact) mass is 462 g/mol. The van der Waals surface area contributed by atoms with Gasteiger partial charge in [-0.2, -0.15) is 5.10 Å². The lowest BCUT2D eigenvalue weighted by Crippen LogP contribution is -2.40. The first-order chi connectivity index (χ1) is 12.8. The highest BCUT2D eigenvalue weighted by Crippen LogP contribution is 2.38. The fraction of sp³-hybridized carbons (Fsp3) is 0.222. The van der Waals surface area contributed by atoms with E-state index in [1.165, 1.54) is 18.3 Å². The van der Waals surface area contributed by atoms with Gasteiger partial charge in [0.05, 0.1) is 21.8 Å². The quantitative estimate of drug-likeness (QED) is 0.569. The molecule has 150 valence electrons. The maximum absolute atomic E-state index is 13.4. The van der Waals surface area contributed by atoms with Crippen LogP contribution in [0.1, 0.15) is 28.2 Å². The van der Waals surface area contributed by atoms with E-state index >= 15 is 0 Å². The van der Waals surface area contributed by atoms with Crippen molar-refractivity contribution in [2.75, 3.05) is 0 Å². The summed E-state index contributed by atoms with van der Waals surface area (Å²) in [6, 6.07) is 6.72. The average molecular weight is 464 g/mol. The Hall–Kier alpha value is -1.64. The maximum Gasteiger partial charge on any atom is 0.261 e. The number of thiophene rings is 1. The first kappa shape index (κ1) is 22.6. The summed E-state index contributed by atoms with van der Waals surface area (Å²) in [5.41, 5.74) is 8.04. The van der Waals surface area contributed by atoms with E-state index in [0.29, 0.717) is 31.1 Å². The molecule has 0 saturated heterocycles. The molecule has 0 aliphatic heterocycles. The fourth-order valence-corrected chi connectivity index (χ4v) is 4.17. The average Bonchev–Trinajstić information content (AvgIpc) is 3.16. The van der Waals surface area contributed by atoms with Crippen LogP contribution in [0.3, 0.4) is 0 Å². The number of hydrogen-bond acceptors (Lipinski definition) is 4. The first-order valence-corrected chi connectivity index (χ1v) is 9.64. The molecule has 3 rings (SSSR count). The van der Waals surface area contributed by atoms with Crippen LogP contribution in [0.25, 0.3) is 11.3 Å². The van der Waals surface area contributed by atoms with Crippen molar-refractivity contribution < 1.29 is 9.18 Å². The van der Waals surface area contributed by atoms with Crippen molar-refractivity contribution >= 4 is 52.9 Å². The lowest BCUT2D eigenvalue weighted by atomic mass is 10.0. The molecular formula is C18H18Cl3FN4OS. The molecule has 10 heteroatoms. The molecule has 28 heavy (non-hydrogen) atoms. The lowest BCUT2D eigenvalue weighted by Gasteiger charge is -2.21. The summed E-state index contributed by atoms with van der Waals surface area (Å²) < 4.78 is 15.4. The Balaban J connectivity index is 0.00000280. The summed E-state index contributed by atoms with van der Waals surface area (Å²) >= 11 is 13.6. The van der Waals surface area contributed by atoms with Gasteiger partial charge in [0.1, 0.15) is 10.2 Å². The van der Waals surface area contributed by atoms with Crippen molar-refractivity contribution in [1.29, 1.82) is 0 Å².